The minimum atomic E-state index is -0.848. The van der Waals surface area contributed by atoms with Crippen molar-refractivity contribution in [1.82, 2.24) is 0 Å². The summed E-state index contributed by atoms with van der Waals surface area (Å²) in [4.78, 5) is 0. The maximum absolute atomic E-state index is 9.21. The van der Waals surface area contributed by atoms with E-state index in [1.807, 2.05) is 30.3 Å². The molecule has 0 saturated heterocycles. The number of thioether (sulfide) groups is 1. The van der Waals surface area contributed by atoms with E-state index in [0.717, 1.165) is 11.3 Å². The second-order valence-corrected chi connectivity index (χ2v) is 4.96. The molecule has 1 rings (SSSR count). The number of nitrogens with two attached hydrogens (primary N) is 1. The number of benzene rings is 1. The van der Waals surface area contributed by atoms with Crippen LogP contribution in [0.4, 0.5) is 0 Å². The summed E-state index contributed by atoms with van der Waals surface area (Å²) >= 11 is 1.76. The van der Waals surface area contributed by atoms with Crippen LogP contribution in [0.3, 0.4) is 0 Å². The number of hydrogen-bond acceptors (Lipinski definition) is 3. The Morgan fingerprint density at radius 1 is 1.38 bits per heavy atom. The molecule has 1 aromatic carbocycles. The Hall–Kier alpha value is -0.980. The van der Waals surface area contributed by atoms with Crippen molar-refractivity contribution in [2.24, 2.45) is 5.73 Å². The maximum atomic E-state index is 9.21. The third kappa shape index (κ3) is 3.55. The van der Waals surface area contributed by atoms with Gasteiger partial charge in [-0.05, 0) is 17.7 Å². The lowest BCUT2D eigenvalue weighted by atomic mass is 9.95. The van der Waals surface area contributed by atoms with E-state index in [-0.39, 0.29) is 0 Å². The molecule has 0 radical (unpaired) electrons. The highest BCUT2D eigenvalue weighted by atomic mass is 32.2. The van der Waals surface area contributed by atoms with Gasteiger partial charge in [0, 0.05) is 5.75 Å². The summed E-state index contributed by atoms with van der Waals surface area (Å²) in [6.45, 7) is 2.16. The van der Waals surface area contributed by atoms with Crippen molar-refractivity contribution >= 4 is 11.8 Å². The van der Waals surface area contributed by atoms with Gasteiger partial charge < -0.3 is 5.73 Å². The van der Waals surface area contributed by atoms with Crippen molar-refractivity contribution in [2.45, 2.75) is 25.3 Å². The molecule has 2 nitrogen and oxygen atoms in total. The first-order chi connectivity index (χ1) is 7.73. The van der Waals surface area contributed by atoms with Gasteiger partial charge in [-0.15, -0.1) is 0 Å². The van der Waals surface area contributed by atoms with Gasteiger partial charge in [-0.3, -0.25) is 0 Å². The Balaban J connectivity index is 2.61. The first-order valence-electron chi connectivity index (χ1n) is 5.56. The van der Waals surface area contributed by atoms with Crippen molar-refractivity contribution in [2.75, 3.05) is 11.5 Å². The van der Waals surface area contributed by atoms with Crippen LogP contribution in [-0.4, -0.2) is 11.5 Å². The fourth-order valence-electron chi connectivity index (χ4n) is 1.40. The van der Waals surface area contributed by atoms with Crippen LogP contribution < -0.4 is 5.73 Å². The first-order valence-corrected chi connectivity index (χ1v) is 6.72. The van der Waals surface area contributed by atoms with E-state index in [9.17, 15) is 5.26 Å². The molecule has 0 aliphatic carbocycles. The lowest BCUT2D eigenvalue weighted by Gasteiger charge is -2.21. The van der Waals surface area contributed by atoms with Crippen LogP contribution in [0, 0.1) is 11.3 Å². The van der Waals surface area contributed by atoms with Gasteiger partial charge in [0.15, 0.2) is 0 Å². The molecule has 0 saturated carbocycles. The highest BCUT2D eigenvalue weighted by Crippen LogP contribution is 2.22. The van der Waals surface area contributed by atoms with Crippen molar-refractivity contribution in [3.8, 4) is 6.07 Å². The van der Waals surface area contributed by atoms with E-state index >= 15 is 0 Å². The lowest BCUT2D eigenvalue weighted by Crippen LogP contribution is -2.37. The van der Waals surface area contributed by atoms with E-state index in [2.05, 4.69) is 13.0 Å². The van der Waals surface area contributed by atoms with E-state index in [1.54, 1.807) is 11.8 Å². The topological polar surface area (TPSA) is 49.8 Å². The Morgan fingerprint density at radius 3 is 2.62 bits per heavy atom. The van der Waals surface area contributed by atoms with Crippen LogP contribution in [0.5, 0.6) is 0 Å². The number of unbranched alkanes of at least 4 members (excludes halogenated alkanes) is 1. The zero-order valence-corrected chi connectivity index (χ0v) is 10.5. The molecule has 3 heteroatoms. The third-order valence-electron chi connectivity index (χ3n) is 2.46. The summed E-state index contributed by atoms with van der Waals surface area (Å²) < 4.78 is 0. The van der Waals surface area contributed by atoms with Crippen molar-refractivity contribution in [3.05, 3.63) is 35.9 Å². The molecule has 0 fully saturated rings. The summed E-state index contributed by atoms with van der Waals surface area (Å²) in [6, 6.07) is 11.8. The van der Waals surface area contributed by atoms with Crippen molar-refractivity contribution in [3.63, 3.8) is 0 Å². The van der Waals surface area contributed by atoms with E-state index < -0.39 is 5.54 Å². The first kappa shape index (κ1) is 13.1. The largest absolute Gasteiger partial charge is 0.309 e. The van der Waals surface area contributed by atoms with Crippen LogP contribution in [-0.2, 0) is 5.54 Å². The Bertz CT molecular complexity index is 345. The van der Waals surface area contributed by atoms with E-state index in [4.69, 9.17) is 5.73 Å². The van der Waals surface area contributed by atoms with Gasteiger partial charge in [0.05, 0.1) is 6.07 Å². The number of hydrogen-bond donors (Lipinski definition) is 1. The predicted octanol–water partition coefficient (Wildman–Crippen LogP) is 2.90. The van der Waals surface area contributed by atoms with Gasteiger partial charge >= 0.3 is 0 Å². The second kappa shape index (κ2) is 6.57. The van der Waals surface area contributed by atoms with Crippen LogP contribution in [0.1, 0.15) is 25.3 Å². The van der Waals surface area contributed by atoms with E-state index in [0.29, 0.717) is 5.75 Å². The zero-order chi connectivity index (χ0) is 11.9. The fraction of sp³-hybridized carbons (Fsp3) is 0.462. The summed E-state index contributed by atoms with van der Waals surface area (Å²) in [7, 11) is 0. The molecule has 1 aromatic rings. The highest BCUT2D eigenvalue weighted by molar-refractivity contribution is 7.99. The van der Waals surface area contributed by atoms with Gasteiger partial charge in [-0.25, -0.2) is 0 Å². The maximum Gasteiger partial charge on any atom is 0.138 e. The summed E-state index contributed by atoms with van der Waals surface area (Å²) in [5.74, 6) is 1.73. The zero-order valence-electron chi connectivity index (χ0n) is 9.65. The average molecular weight is 234 g/mol. The van der Waals surface area contributed by atoms with Crippen LogP contribution in [0.15, 0.2) is 30.3 Å². The average Bonchev–Trinajstić information content (AvgIpc) is 2.35. The summed E-state index contributed by atoms with van der Waals surface area (Å²) in [5.41, 5.74) is 6.18. The molecule has 0 bridgehead atoms. The molecule has 1 atom stereocenters. The summed E-state index contributed by atoms with van der Waals surface area (Å²) in [5, 5.41) is 9.21. The smallest absolute Gasteiger partial charge is 0.138 e. The van der Waals surface area contributed by atoms with Crippen LogP contribution in [0.25, 0.3) is 0 Å². The molecule has 0 amide bonds. The quantitative estimate of drug-likeness (QED) is 0.770. The molecule has 16 heavy (non-hydrogen) atoms. The van der Waals surface area contributed by atoms with Gasteiger partial charge in [-0.2, -0.15) is 17.0 Å². The van der Waals surface area contributed by atoms with Crippen molar-refractivity contribution < 1.29 is 0 Å². The minimum absolute atomic E-state index is 0.660. The standard InChI is InChI=1S/C13H18N2S/c1-2-3-9-16-11-13(15,10-14)12-7-5-4-6-8-12/h4-8H,2-3,9,11,15H2,1H3. The van der Waals surface area contributed by atoms with Gasteiger partial charge in [0.1, 0.15) is 5.54 Å². The molecule has 0 spiro atoms. The Morgan fingerprint density at radius 2 is 2.06 bits per heavy atom. The summed E-state index contributed by atoms with van der Waals surface area (Å²) in [6.07, 6.45) is 2.36. The van der Waals surface area contributed by atoms with Crippen LogP contribution in [0.2, 0.25) is 0 Å². The molecule has 2 N–H and O–H groups in total. The second-order valence-electron chi connectivity index (χ2n) is 3.86. The number of rotatable bonds is 6. The molecular weight excluding hydrogens is 216 g/mol. The van der Waals surface area contributed by atoms with Gasteiger partial charge in [0.2, 0.25) is 0 Å². The predicted molar refractivity (Wildman–Crippen MR) is 70.2 cm³/mol. The van der Waals surface area contributed by atoms with Crippen LogP contribution >= 0.6 is 11.8 Å². The molecular formula is C13H18N2S. The monoisotopic (exact) mass is 234 g/mol. The fourth-order valence-corrected chi connectivity index (χ4v) is 2.59. The number of nitriles is 1. The van der Waals surface area contributed by atoms with Gasteiger partial charge in [-0.1, -0.05) is 43.7 Å². The molecule has 0 aliphatic rings. The van der Waals surface area contributed by atoms with E-state index in [1.165, 1.54) is 12.8 Å². The highest BCUT2D eigenvalue weighted by Gasteiger charge is 2.26. The number of nitrogens with zero attached hydrogens (tertiary/aromatic N) is 1. The molecule has 0 aromatic heterocycles. The van der Waals surface area contributed by atoms with Crippen molar-refractivity contribution in [1.29, 1.82) is 5.26 Å². The molecule has 0 aliphatic heterocycles. The normalized spacial score (nSPS) is 14.1. The Labute approximate surface area is 102 Å². The minimum Gasteiger partial charge on any atom is -0.309 e. The van der Waals surface area contributed by atoms with Gasteiger partial charge in [0.25, 0.3) is 0 Å². The lowest BCUT2D eigenvalue weighted by molar-refractivity contribution is 0.658. The molecule has 0 heterocycles. The molecule has 1 unspecified atom stereocenters. The Kier molecular flexibility index (Phi) is 5.37. The third-order valence-corrected chi connectivity index (χ3v) is 3.70. The SMILES string of the molecule is CCCCSCC(N)(C#N)c1ccccc1. The molecule has 86 valence electrons.